The molecule has 1 saturated heterocycles. The minimum absolute atomic E-state index is 0.148. The number of hydrogen-bond donors (Lipinski definition) is 1. The molecule has 4 aromatic rings. The van der Waals surface area contributed by atoms with E-state index in [0.717, 1.165) is 33.4 Å². The van der Waals surface area contributed by atoms with Crippen molar-refractivity contribution in [2.45, 2.75) is 25.1 Å². The second-order valence-corrected chi connectivity index (χ2v) is 7.99. The molecular formula is C25H25N3O4. The molecule has 0 amide bonds. The molecular weight excluding hydrogens is 406 g/mol. The summed E-state index contributed by atoms with van der Waals surface area (Å²) in [5.74, 6) is 2.67. The zero-order chi connectivity index (χ0) is 22.1. The lowest BCUT2D eigenvalue weighted by molar-refractivity contribution is 0.169. The molecule has 1 N–H and O–H groups in total. The number of nitrogens with zero attached hydrogens (tertiary/aromatic N) is 3. The number of methoxy groups -OCH3 is 2. The van der Waals surface area contributed by atoms with Crippen LogP contribution in [-0.4, -0.2) is 47.0 Å². The van der Waals surface area contributed by atoms with E-state index in [1.54, 1.807) is 14.2 Å². The molecule has 0 bridgehead atoms. The zero-order valence-electron chi connectivity index (χ0n) is 18.1. The second kappa shape index (κ2) is 8.61. The van der Waals surface area contributed by atoms with Gasteiger partial charge in [-0.15, -0.1) is 0 Å². The molecule has 5 rings (SSSR count). The molecule has 1 aliphatic rings. The summed E-state index contributed by atoms with van der Waals surface area (Å²) in [5, 5.41) is 16.8. The molecule has 164 valence electrons. The van der Waals surface area contributed by atoms with Crippen molar-refractivity contribution in [3.8, 4) is 22.9 Å². The summed E-state index contributed by atoms with van der Waals surface area (Å²) in [4.78, 5) is 6.84. The Kier molecular flexibility index (Phi) is 5.51. The Bertz CT molecular complexity index is 1220. The van der Waals surface area contributed by atoms with Crippen molar-refractivity contribution in [3.05, 3.63) is 72.1 Å². The van der Waals surface area contributed by atoms with Crippen LogP contribution in [-0.2, 0) is 6.54 Å². The summed E-state index contributed by atoms with van der Waals surface area (Å²) < 4.78 is 16.4. The van der Waals surface area contributed by atoms with Gasteiger partial charge >= 0.3 is 0 Å². The molecule has 0 spiro atoms. The summed E-state index contributed by atoms with van der Waals surface area (Å²) in [5.41, 5.74) is 2.02. The fraction of sp³-hybridized carbons (Fsp3) is 0.280. The third-order valence-electron chi connectivity index (χ3n) is 6.02. The van der Waals surface area contributed by atoms with E-state index in [4.69, 9.17) is 14.0 Å². The highest BCUT2D eigenvalue weighted by atomic mass is 16.5. The Morgan fingerprint density at radius 2 is 1.78 bits per heavy atom. The first-order chi connectivity index (χ1) is 15.7. The van der Waals surface area contributed by atoms with Crippen molar-refractivity contribution in [1.82, 2.24) is 15.0 Å². The molecule has 7 heteroatoms. The summed E-state index contributed by atoms with van der Waals surface area (Å²) in [6.45, 7) is 1.21. The summed E-state index contributed by atoms with van der Waals surface area (Å²) in [6, 6.07) is 19.7. The van der Waals surface area contributed by atoms with Crippen molar-refractivity contribution < 1.29 is 19.1 Å². The highest BCUT2D eigenvalue weighted by molar-refractivity contribution is 5.91. The highest BCUT2D eigenvalue weighted by Crippen LogP contribution is 2.36. The van der Waals surface area contributed by atoms with Crippen LogP contribution in [0.3, 0.4) is 0 Å². The van der Waals surface area contributed by atoms with Gasteiger partial charge in [0.05, 0.1) is 26.4 Å². The maximum Gasteiger partial charge on any atom is 0.244 e. The van der Waals surface area contributed by atoms with Crippen LogP contribution in [0.5, 0.6) is 11.5 Å². The van der Waals surface area contributed by atoms with Gasteiger partial charge in [-0.1, -0.05) is 35.5 Å². The largest absolute Gasteiger partial charge is 0.497 e. The second-order valence-electron chi connectivity index (χ2n) is 7.99. The first-order valence-corrected chi connectivity index (χ1v) is 10.6. The van der Waals surface area contributed by atoms with E-state index < -0.39 is 6.10 Å². The lowest BCUT2D eigenvalue weighted by Crippen LogP contribution is -2.24. The molecule has 2 heterocycles. The smallest absolute Gasteiger partial charge is 0.244 e. The molecule has 3 aromatic carbocycles. The Morgan fingerprint density at radius 1 is 1.00 bits per heavy atom. The number of β-amino-alcohol motifs (C(OH)–C–C–N with tert-alkyl or cyclic N) is 1. The number of aliphatic hydroxyl groups is 1. The standard InChI is InChI=1S/C25H25N3O4/c1-30-19-10-7-16(8-11-19)24-26-25(32-27-24)22-13-18(29)15-28(22)14-17-9-12-23(31-2)21-6-4-3-5-20(17)21/h3-12,18,22,29H,13-15H2,1-2H3. The quantitative estimate of drug-likeness (QED) is 0.490. The molecule has 32 heavy (non-hydrogen) atoms. The number of ether oxygens (including phenoxy) is 2. The van der Waals surface area contributed by atoms with Gasteiger partial charge in [-0.05, 0) is 47.7 Å². The van der Waals surface area contributed by atoms with E-state index in [-0.39, 0.29) is 6.04 Å². The highest BCUT2D eigenvalue weighted by Gasteiger charge is 2.36. The van der Waals surface area contributed by atoms with E-state index >= 15 is 0 Å². The molecule has 1 fully saturated rings. The molecule has 2 atom stereocenters. The lowest BCUT2D eigenvalue weighted by atomic mass is 10.0. The van der Waals surface area contributed by atoms with Crippen LogP contribution in [0.15, 0.2) is 65.2 Å². The van der Waals surface area contributed by atoms with Crippen LogP contribution in [0.25, 0.3) is 22.2 Å². The Balaban J connectivity index is 1.42. The van der Waals surface area contributed by atoms with E-state index in [1.807, 2.05) is 42.5 Å². The Hall–Kier alpha value is -3.42. The molecule has 0 radical (unpaired) electrons. The van der Waals surface area contributed by atoms with E-state index in [1.165, 1.54) is 0 Å². The summed E-state index contributed by atoms with van der Waals surface area (Å²) >= 11 is 0. The monoisotopic (exact) mass is 431 g/mol. The predicted molar refractivity (Wildman–Crippen MR) is 121 cm³/mol. The van der Waals surface area contributed by atoms with Crippen molar-refractivity contribution in [2.24, 2.45) is 0 Å². The Labute approximate surface area is 186 Å². The molecule has 1 aliphatic heterocycles. The summed E-state index contributed by atoms with van der Waals surface area (Å²) in [6.07, 6.45) is 0.110. The molecule has 7 nitrogen and oxygen atoms in total. The average molecular weight is 431 g/mol. The van der Waals surface area contributed by atoms with Crippen molar-refractivity contribution in [2.75, 3.05) is 20.8 Å². The zero-order valence-corrected chi connectivity index (χ0v) is 18.1. The molecule has 0 aliphatic carbocycles. The first-order valence-electron chi connectivity index (χ1n) is 10.6. The maximum absolute atomic E-state index is 10.4. The minimum Gasteiger partial charge on any atom is -0.497 e. The van der Waals surface area contributed by atoms with Crippen molar-refractivity contribution in [3.63, 3.8) is 0 Å². The predicted octanol–water partition coefficient (Wildman–Crippen LogP) is 4.21. The molecule has 0 saturated carbocycles. The number of benzene rings is 3. The fourth-order valence-electron chi connectivity index (χ4n) is 4.41. The van der Waals surface area contributed by atoms with Gasteiger partial charge in [0, 0.05) is 24.0 Å². The minimum atomic E-state index is -0.444. The van der Waals surface area contributed by atoms with Gasteiger partial charge in [0.15, 0.2) is 0 Å². The first kappa shape index (κ1) is 20.5. The van der Waals surface area contributed by atoms with Crippen LogP contribution in [0.4, 0.5) is 0 Å². The van der Waals surface area contributed by atoms with Gasteiger partial charge in [-0.3, -0.25) is 4.90 Å². The molecule has 2 unspecified atom stereocenters. The van der Waals surface area contributed by atoms with E-state index in [0.29, 0.717) is 31.2 Å². The van der Waals surface area contributed by atoms with Crippen LogP contribution in [0, 0.1) is 0 Å². The van der Waals surface area contributed by atoms with Gasteiger partial charge < -0.3 is 19.1 Å². The van der Waals surface area contributed by atoms with Crippen molar-refractivity contribution >= 4 is 10.8 Å². The van der Waals surface area contributed by atoms with Crippen LogP contribution in [0.2, 0.25) is 0 Å². The third-order valence-corrected chi connectivity index (χ3v) is 6.02. The normalized spacial score (nSPS) is 18.8. The number of hydrogen-bond acceptors (Lipinski definition) is 7. The molecule has 1 aromatic heterocycles. The Morgan fingerprint density at radius 3 is 2.53 bits per heavy atom. The van der Waals surface area contributed by atoms with Gasteiger partial charge in [-0.2, -0.15) is 4.98 Å². The number of likely N-dealkylation sites (tertiary alicyclic amines) is 1. The van der Waals surface area contributed by atoms with Gasteiger partial charge in [0.2, 0.25) is 11.7 Å². The number of fused-ring (bicyclic) bond motifs is 1. The van der Waals surface area contributed by atoms with E-state index in [2.05, 4.69) is 33.2 Å². The average Bonchev–Trinajstić information content (AvgIpc) is 3.46. The SMILES string of the molecule is COc1ccc(-c2noc(C3CC(O)CN3Cc3ccc(OC)c4ccccc34)n2)cc1. The van der Waals surface area contributed by atoms with Gasteiger partial charge in [0.1, 0.15) is 11.5 Å². The van der Waals surface area contributed by atoms with Crippen LogP contribution >= 0.6 is 0 Å². The van der Waals surface area contributed by atoms with Crippen molar-refractivity contribution in [1.29, 1.82) is 0 Å². The lowest BCUT2D eigenvalue weighted by Gasteiger charge is -2.22. The number of rotatable bonds is 6. The topological polar surface area (TPSA) is 80.9 Å². The van der Waals surface area contributed by atoms with Crippen LogP contribution in [0.1, 0.15) is 23.9 Å². The number of aliphatic hydroxyl groups excluding tert-OH is 1. The fourth-order valence-corrected chi connectivity index (χ4v) is 4.41. The van der Waals surface area contributed by atoms with Gasteiger partial charge in [0.25, 0.3) is 0 Å². The van der Waals surface area contributed by atoms with Gasteiger partial charge in [-0.25, -0.2) is 0 Å². The van der Waals surface area contributed by atoms with Crippen LogP contribution < -0.4 is 9.47 Å². The number of aromatic nitrogens is 2. The van der Waals surface area contributed by atoms with E-state index in [9.17, 15) is 5.11 Å². The summed E-state index contributed by atoms with van der Waals surface area (Å²) in [7, 11) is 3.32. The maximum atomic E-state index is 10.4. The third kappa shape index (κ3) is 3.81.